The quantitative estimate of drug-likeness (QED) is 0.824. The Morgan fingerprint density at radius 1 is 1.53 bits per heavy atom. The first-order valence-corrected chi connectivity index (χ1v) is 6.84. The first-order valence-electron chi connectivity index (χ1n) is 4.78. The third-order valence-electron chi connectivity index (χ3n) is 2.04. The monoisotopic (exact) mass is 328 g/mol. The van der Waals surface area contributed by atoms with Gasteiger partial charge < -0.3 is 0 Å². The largest absolute Gasteiger partial charge is 0.298 e. The molecule has 88 valence electrons. The van der Waals surface area contributed by atoms with Crippen molar-refractivity contribution in [2.24, 2.45) is 0 Å². The number of hydrogen-bond acceptors (Lipinski definition) is 4. The second kappa shape index (κ2) is 5.20. The number of carbonyl (C=O) groups is 1. The van der Waals surface area contributed by atoms with Crippen LogP contribution in [0.1, 0.15) is 15.2 Å². The van der Waals surface area contributed by atoms with Gasteiger partial charge in [-0.05, 0) is 41.1 Å². The maximum absolute atomic E-state index is 12.0. The number of thiazole rings is 1. The molecule has 0 radical (unpaired) electrons. The smallest absolute Gasteiger partial charge is 0.258 e. The summed E-state index contributed by atoms with van der Waals surface area (Å²) in [5, 5.41) is 3.35. The molecule has 1 aromatic heterocycles. The average Bonchev–Trinajstić information content (AvgIpc) is 2.67. The first kappa shape index (κ1) is 12.6. The Morgan fingerprint density at radius 2 is 2.29 bits per heavy atom. The third-order valence-corrected chi connectivity index (χ3v) is 3.83. The summed E-state index contributed by atoms with van der Waals surface area (Å²) in [6, 6.07) is 5.32. The van der Waals surface area contributed by atoms with Gasteiger partial charge in [-0.3, -0.25) is 10.1 Å². The number of aromatic nitrogens is 1. The summed E-state index contributed by atoms with van der Waals surface area (Å²) < 4.78 is 0.737. The summed E-state index contributed by atoms with van der Waals surface area (Å²) in [6.45, 7) is 1.94. The highest BCUT2D eigenvalue weighted by Crippen LogP contribution is 2.23. The topological polar surface area (TPSA) is 42.0 Å². The number of thiol groups is 1. The first-order chi connectivity index (χ1) is 8.06. The van der Waals surface area contributed by atoms with Gasteiger partial charge in [0, 0.05) is 20.4 Å². The van der Waals surface area contributed by atoms with Crippen LogP contribution in [0.3, 0.4) is 0 Å². The number of nitrogens with zero attached hydrogens (tertiary/aromatic N) is 1. The van der Waals surface area contributed by atoms with Crippen molar-refractivity contribution in [1.29, 1.82) is 0 Å². The van der Waals surface area contributed by atoms with Crippen LogP contribution in [0.2, 0.25) is 0 Å². The van der Waals surface area contributed by atoms with Gasteiger partial charge >= 0.3 is 0 Å². The average molecular weight is 329 g/mol. The molecule has 0 saturated carbocycles. The summed E-state index contributed by atoms with van der Waals surface area (Å²) >= 11 is 8.99. The van der Waals surface area contributed by atoms with Crippen molar-refractivity contribution >= 4 is 50.9 Å². The highest BCUT2D eigenvalue weighted by atomic mass is 79.9. The van der Waals surface area contributed by atoms with Gasteiger partial charge in [0.15, 0.2) is 5.13 Å². The van der Waals surface area contributed by atoms with Gasteiger partial charge in [-0.25, -0.2) is 4.98 Å². The second-order valence-corrected chi connectivity index (χ2v) is 6.00. The molecule has 2 rings (SSSR count). The van der Waals surface area contributed by atoms with Crippen molar-refractivity contribution in [3.05, 3.63) is 39.3 Å². The molecule has 17 heavy (non-hydrogen) atoms. The van der Waals surface area contributed by atoms with Gasteiger partial charge in [0.1, 0.15) is 0 Å². The molecule has 1 N–H and O–H groups in total. The molecular formula is C11H9BrN2OS2. The Hall–Kier alpha value is -0.850. The van der Waals surface area contributed by atoms with Crippen LogP contribution in [-0.2, 0) is 0 Å². The number of carbonyl (C=O) groups excluding carboxylic acids is 1. The van der Waals surface area contributed by atoms with E-state index in [0.29, 0.717) is 10.7 Å². The summed E-state index contributed by atoms with van der Waals surface area (Å²) in [6.07, 6.45) is 1.73. The number of benzene rings is 1. The SMILES string of the molecule is Cc1cnc(NC(=O)c2cc(S)ccc2Br)s1. The van der Waals surface area contributed by atoms with Crippen molar-refractivity contribution in [1.82, 2.24) is 4.98 Å². The Morgan fingerprint density at radius 3 is 2.94 bits per heavy atom. The van der Waals surface area contributed by atoms with Crippen LogP contribution in [0, 0.1) is 6.92 Å². The van der Waals surface area contributed by atoms with E-state index in [-0.39, 0.29) is 5.91 Å². The predicted molar refractivity (Wildman–Crippen MR) is 76.2 cm³/mol. The fourth-order valence-electron chi connectivity index (χ4n) is 1.26. The number of amides is 1. The van der Waals surface area contributed by atoms with Crippen LogP contribution in [0.5, 0.6) is 0 Å². The van der Waals surface area contributed by atoms with Crippen molar-refractivity contribution < 1.29 is 4.79 Å². The third kappa shape index (κ3) is 3.08. The number of aryl methyl sites for hydroxylation is 1. The molecule has 0 spiro atoms. The maximum Gasteiger partial charge on any atom is 0.258 e. The lowest BCUT2D eigenvalue weighted by molar-refractivity contribution is 0.102. The van der Waals surface area contributed by atoms with Crippen LogP contribution in [0.25, 0.3) is 0 Å². The molecule has 3 nitrogen and oxygen atoms in total. The molecule has 0 atom stereocenters. The molecule has 0 aliphatic carbocycles. The van der Waals surface area contributed by atoms with Crippen LogP contribution in [0.15, 0.2) is 33.8 Å². The van der Waals surface area contributed by atoms with Crippen molar-refractivity contribution in [2.75, 3.05) is 5.32 Å². The molecule has 2 aromatic rings. The predicted octanol–water partition coefficient (Wildman–Crippen LogP) is 3.76. The van der Waals surface area contributed by atoms with Gasteiger partial charge in [0.2, 0.25) is 0 Å². The Labute approximate surface area is 117 Å². The number of rotatable bonds is 2. The highest BCUT2D eigenvalue weighted by molar-refractivity contribution is 9.10. The van der Waals surface area contributed by atoms with E-state index in [2.05, 4.69) is 38.9 Å². The second-order valence-electron chi connectivity index (χ2n) is 3.39. The minimum atomic E-state index is -0.192. The lowest BCUT2D eigenvalue weighted by Gasteiger charge is -2.04. The zero-order valence-corrected chi connectivity index (χ0v) is 12.2. The molecule has 0 unspecified atom stereocenters. The molecule has 1 aromatic carbocycles. The van der Waals surface area contributed by atoms with Crippen molar-refractivity contribution in [3.8, 4) is 0 Å². The zero-order valence-electron chi connectivity index (χ0n) is 8.90. The minimum absolute atomic E-state index is 0.192. The van der Waals surface area contributed by atoms with E-state index in [1.165, 1.54) is 11.3 Å². The van der Waals surface area contributed by atoms with Gasteiger partial charge in [-0.15, -0.1) is 24.0 Å². The van der Waals surface area contributed by atoms with Gasteiger partial charge in [0.05, 0.1) is 5.56 Å². The van der Waals surface area contributed by atoms with Gasteiger partial charge in [-0.1, -0.05) is 0 Å². The molecular weight excluding hydrogens is 320 g/mol. The van der Waals surface area contributed by atoms with E-state index in [1.54, 1.807) is 18.3 Å². The van der Waals surface area contributed by atoms with E-state index in [9.17, 15) is 4.79 Å². The van der Waals surface area contributed by atoms with E-state index in [0.717, 1.165) is 14.2 Å². The lowest BCUT2D eigenvalue weighted by atomic mass is 10.2. The molecule has 0 bridgehead atoms. The molecule has 1 heterocycles. The van der Waals surface area contributed by atoms with E-state index in [4.69, 9.17) is 0 Å². The summed E-state index contributed by atoms with van der Waals surface area (Å²) in [5.74, 6) is -0.192. The van der Waals surface area contributed by atoms with E-state index >= 15 is 0 Å². The molecule has 0 aliphatic heterocycles. The fourth-order valence-corrected chi connectivity index (χ4v) is 2.55. The number of anilines is 1. The standard InChI is InChI=1S/C11H9BrN2OS2/c1-6-5-13-11(17-6)14-10(15)8-4-7(16)2-3-9(8)12/h2-5,16H,1H3,(H,13,14,15). The summed E-state index contributed by atoms with van der Waals surface area (Å²) in [7, 11) is 0. The normalized spacial score (nSPS) is 10.3. The molecule has 0 aliphatic rings. The van der Waals surface area contributed by atoms with Crippen LogP contribution in [-0.4, -0.2) is 10.9 Å². The number of nitrogens with one attached hydrogen (secondary N) is 1. The Kier molecular flexibility index (Phi) is 3.86. The van der Waals surface area contributed by atoms with Crippen LogP contribution < -0.4 is 5.32 Å². The molecule has 1 amide bonds. The van der Waals surface area contributed by atoms with Crippen LogP contribution >= 0.6 is 39.9 Å². The summed E-state index contributed by atoms with van der Waals surface area (Å²) in [4.78, 5) is 17.9. The molecule has 0 fully saturated rings. The fraction of sp³-hybridized carbons (Fsp3) is 0.0909. The molecule has 6 heteroatoms. The highest BCUT2D eigenvalue weighted by Gasteiger charge is 2.12. The van der Waals surface area contributed by atoms with Crippen molar-refractivity contribution in [2.45, 2.75) is 11.8 Å². The maximum atomic E-state index is 12.0. The molecule has 0 saturated heterocycles. The number of halogens is 1. The Balaban J connectivity index is 2.22. The van der Waals surface area contributed by atoms with Crippen molar-refractivity contribution in [3.63, 3.8) is 0 Å². The summed E-state index contributed by atoms with van der Waals surface area (Å²) in [5.41, 5.74) is 0.547. The van der Waals surface area contributed by atoms with Gasteiger partial charge in [0.25, 0.3) is 5.91 Å². The minimum Gasteiger partial charge on any atom is -0.298 e. The van der Waals surface area contributed by atoms with Crippen LogP contribution in [0.4, 0.5) is 5.13 Å². The van der Waals surface area contributed by atoms with Gasteiger partial charge in [-0.2, -0.15) is 0 Å². The lowest BCUT2D eigenvalue weighted by Crippen LogP contribution is -2.12. The van der Waals surface area contributed by atoms with E-state index < -0.39 is 0 Å². The zero-order chi connectivity index (χ0) is 12.4. The Bertz CT molecular complexity index is 568. The van der Waals surface area contributed by atoms with E-state index in [1.807, 2.05) is 13.0 Å². The number of hydrogen-bond donors (Lipinski definition) is 2.